The van der Waals surface area contributed by atoms with Gasteiger partial charge in [-0.05, 0) is 23.6 Å². The first-order chi connectivity index (χ1) is 14.2. The number of rotatable bonds is 6. The first kappa shape index (κ1) is 18.7. The van der Waals surface area contributed by atoms with Crippen molar-refractivity contribution in [1.29, 1.82) is 0 Å². The highest BCUT2D eigenvalue weighted by Gasteiger charge is 2.49. The number of esters is 2. The van der Waals surface area contributed by atoms with Crippen LogP contribution in [0, 0.1) is 0 Å². The van der Waals surface area contributed by atoms with Gasteiger partial charge in [-0.15, -0.1) is 0 Å². The molecule has 0 amide bonds. The van der Waals surface area contributed by atoms with Crippen molar-refractivity contribution in [2.24, 2.45) is 0 Å². The lowest BCUT2D eigenvalue weighted by atomic mass is 9.73. The summed E-state index contributed by atoms with van der Waals surface area (Å²) in [7, 11) is 0. The molecular formula is C25H20O4. The molecule has 1 heterocycles. The van der Waals surface area contributed by atoms with Crippen molar-refractivity contribution in [3.8, 4) is 5.75 Å². The average molecular weight is 384 g/mol. The van der Waals surface area contributed by atoms with E-state index in [1.54, 1.807) is 12.1 Å². The Hall–Kier alpha value is -3.66. The highest BCUT2D eigenvalue weighted by atomic mass is 16.5. The van der Waals surface area contributed by atoms with Crippen molar-refractivity contribution in [2.45, 2.75) is 18.4 Å². The zero-order valence-corrected chi connectivity index (χ0v) is 15.8. The van der Waals surface area contributed by atoms with E-state index in [1.807, 2.05) is 78.9 Å². The van der Waals surface area contributed by atoms with Gasteiger partial charge in [-0.2, -0.15) is 0 Å². The van der Waals surface area contributed by atoms with Crippen LogP contribution in [0.15, 0.2) is 97.1 Å². The maximum Gasteiger partial charge on any atom is 0.330 e. The van der Waals surface area contributed by atoms with Crippen LogP contribution in [-0.4, -0.2) is 11.9 Å². The van der Waals surface area contributed by atoms with Crippen LogP contribution in [0.1, 0.15) is 23.1 Å². The molecule has 0 saturated carbocycles. The van der Waals surface area contributed by atoms with Gasteiger partial charge in [-0.1, -0.05) is 84.9 Å². The van der Waals surface area contributed by atoms with Gasteiger partial charge in [0.25, 0.3) is 0 Å². The Morgan fingerprint density at radius 1 is 0.897 bits per heavy atom. The summed E-state index contributed by atoms with van der Waals surface area (Å²) < 4.78 is 10.8. The second kappa shape index (κ2) is 8.15. The van der Waals surface area contributed by atoms with E-state index in [1.165, 1.54) is 6.08 Å². The van der Waals surface area contributed by atoms with Crippen LogP contribution in [0.25, 0.3) is 0 Å². The minimum absolute atomic E-state index is 0.207. The molecule has 29 heavy (non-hydrogen) atoms. The number of hydrogen-bond donors (Lipinski definition) is 0. The minimum Gasteiger partial charge on any atom is -0.458 e. The molecule has 4 rings (SSSR count). The Bertz CT molecular complexity index is 1040. The molecule has 1 unspecified atom stereocenters. The molecule has 4 nitrogen and oxygen atoms in total. The van der Waals surface area contributed by atoms with Gasteiger partial charge >= 0.3 is 11.9 Å². The SMILES string of the molecule is O=C(/C=C/CC1(c2ccccc2)C(=O)Oc2ccccc21)OCc1ccccc1. The number of carbonyl (C=O) groups excluding carboxylic acids is 2. The Kier molecular flexibility index (Phi) is 5.25. The van der Waals surface area contributed by atoms with E-state index in [0.717, 1.165) is 16.7 Å². The molecule has 0 bridgehead atoms. The van der Waals surface area contributed by atoms with E-state index in [0.29, 0.717) is 12.2 Å². The van der Waals surface area contributed by atoms with Crippen LogP contribution >= 0.6 is 0 Å². The normalized spacial score (nSPS) is 17.7. The smallest absolute Gasteiger partial charge is 0.330 e. The number of benzene rings is 3. The van der Waals surface area contributed by atoms with Gasteiger partial charge < -0.3 is 9.47 Å². The summed E-state index contributed by atoms with van der Waals surface area (Å²) in [6.07, 6.45) is 3.36. The van der Waals surface area contributed by atoms with Crippen molar-refractivity contribution in [3.63, 3.8) is 0 Å². The fourth-order valence-electron chi connectivity index (χ4n) is 3.62. The van der Waals surface area contributed by atoms with Gasteiger partial charge in [-0.3, -0.25) is 4.79 Å². The molecule has 1 atom stereocenters. The van der Waals surface area contributed by atoms with Crippen molar-refractivity contribution < 1.29 is 19.1 Å². The summed E-state index contributed by atoms with van der Waals surface area (Å²) in [5.41, 5.74) is 1.58. The highest BCUT2D eigenvalue weighted by Crippen LogP contribution is 2.46. The lowest BCUT2D eigenvalue weighted by Gasteiger charge is -2.25. The second-order valence-electron chi connectivity index (χ2n) is 6.86. The van der Waals surface area contributed by atoms with Crippen LogP contribution in [0.5, 0.6) is 5.75 Å². The summed E-state index contributed by atoms with van der Waals surface area (Å²) in [5, 5.41) is 0. The largest absolute Gasteiger partial charge is 0.458 e. The van der Waals surface area contributed by atoms with Gasteiger partial charge in [0, 0.05) is 11.6 Å². The molecule has 4 heteroatoms. The molecule has 0 spiro atoms. The van der Waals surface area contributed by atoms with E-state index in [2.05, 4.69) is 0 Å². The molecule has 3 aromatic carbocycles. The molecule has 0 fully saturated rings. The molecule has 1 aliphatic rings. The van der Waals surface area contributed by atoms with Crippen molar-refractivity contribution in [3.05, 3.63) is 114 Å². The molecule has 0 radical (unpaired) electrons. The maximum absolute atomic E-state index is 13.0. The predicted octanol–water partition coefficient (Wildman–Crippen LogP) is 4.58. The van der Waals surface area contributed by atoms with Crippen molar-refractivity contribution in [2.75, 3.05) is 0 Å². The molecule has 0 aromatic heterocycles. The zero-order chi connectivity index (χ0) is 20.1. The van der Waals surface area contributed by atoms with Gasteiger partial charge in [0.05, 0.1) is 0 Å². The first-order valence-corrected chi connectivity index (χ1v) is 9.45. The van der Waals surface area contributed by atoms with Gasteiger partial charge in [0.2, 0.25) is 0 Å². The number of hydrogen-bond acceptors (Lipinski definition) is 4. The van der Waals surface area contributed by atoms with Crippen molar-refractivity contribution >= 4 is 11.9 Å². The molecular weight excluding hydrogens is 364 g/mol. The maximum atomic E-state index is 13.0. The Morgan fingerprint density at radius 2 is 1.55 bits per heavy atom. The Morgan fingerprint density at radius 3 is 2.31 bits per heavy atom. The standard InChI is InChI=1S/C25H20O4/c26-23(28-18-19-10-3-1-4-11-19)16-9-17-25(20-12-5-2-6-13-20)21-14-7-8-15-22(21)29-24(25)27/h1-16H,17-18H2/b16-9+. The van der Waals surface area contributed by atoms with E-state index in [9.17, 15) is 9.59 Å². The number of fused-ring (bicyclic) bond motifs is 1. The lowest BCUT2D eigenvalue weighted by molar-refractivity contribution is -0.139. The fraction of sp³-hybridized carbons (Fsp3) is 0.120. The van der Waals surface area contributed by atoms with Gasteiger partial charge in [-0.25, -0.2) is 4.79 Å². The fourth-order valence-corrected chi connectivity index (χ4v) is 3.62. The Balaban J connectivity index is 1.55. The summed E-state index contributed by atoms with van der Waals surface area (Å²) in [4.78, 5) is 25.1. The summed E-state index contributed by atoms with van der Waals surface area (Å²) in [6.45, 7) is 0.207. The number of allylic oxidation sites excluding steroid dienone is 1. The van der Waals surface area contributed by atoms with Crippen LogP contribution in [0.4, 0.5) is 0 Å². The van der Waals surface area contributed by atoms with Crippen molar-refractivity contribution in [1.82, 2.24) is 0 Å². The van der Waals surface area contributed by atoms with Gasteiger partial charge in [0.1, 0.15) is 17.8 Å². The summed E-state index contributed by atoms with van der Waals surface area (Å²) in [6, 6.07) is 26.4. The minimum atomic E-state index is -0.978. The predicted molar refractivity (Wildman–Crippen MR) is 109 cm³/mol. The Labute approximate surface area is 169 Å². The molecule has 3 aromatic rings. The number of ether oxygens (including phenoxy) is 2. The number of para-hydroxylation sites is 1. The quantitative estimate of drug-likeness (QED) is 0.355. The third kappa shape index (κ3) is 3.69. The van der Waals surface area contributed by atoms with Gasteiger partial charge in [0.15, 0.2) is 0 Å². The van der Waals surface area contributed by atoms with E-state index < -0.39 is 11.4 Å². The summed E-state index contributed by atoms with van der Waals surface area (Å²) in [5.74, 6) is -0.231. The highest BCUT2D eigenvalue weighted by molar-refractivity contribution is 5.94. The summed E-state index contributed by atoms with van der Waals surface area (Å²) >= 11 is 0. The second-order valence-corrected chi connectivity index (χ2v) is 6.86. The third-order valence-corrected chi connectivity index (χ3v) is 5.07. The average Bonchev–Trinajstić information content (AvgIpc) is 3.06. The lowest BCUT2D eigenvalue weighted by Crippen LogP contribution is -2.34. The molecule has 0 aliphatic carbocycles. The van der Waals surface area contributed by atoms with Crippen LogP contribution < -0.4 is 4.74 Å². The van der Waals surface area contributed by atoms with Crippen LogP contribution in [0.3, 0.4) is 0 Å². The molecule has 0 saturated heterocycles. The monoisotopic (exact) mass is 384 g/mol. The zero-order valence-electron chi connectivity index (χ0n) is 15.8. The molecule has 0 N–H and O–H groups in total. The first-order valence-electron chi connectivity index (χ1n) is 9.45. The van der Waals surface area contributed by atoms with E-state index >= 15 is 0 Å². The van der Waals surface area contributed by atoms with Crippen LogP contribution in [0.2, 0.25) is 0 Å². The molecule has 1 aliphatic heterocycles. The van der Waals surface area contributed by atoms with E-state index in [4.69, 9.17) is 9.47 Å². The van der Waals surface area contributed by atoms with E-state index in [-0.39, 0.29) is 12.6 Å². The third-order valence-electron chi connectivity index (χ3n) is 5.07. The van der Waals surface area contributed by atoms with Crippen LogP contribution in [-0.2, 0) is 26.3 Å². The molecule has 144 valence electrons. The number of carbonyl (C=O) groups is 2. The topological polar surface area (TPSA) is 52.6 Å².